The molecule has 0 heterocycles. The Morgan fingerprint density at radius 3 is 2.48 bits per heavy atom. The highest BCUT2D eigenvalue weighted by Crippen LogP contribution is 2.65. The van der Waals surface area contributed by atoms with Crippen LogP contribution in [0.1, 0.15) is 98.8 Å². The third-order valence-corrected chi connectivity index (χ3v) is 10.1. The number of allylic oxidation sites excluding steroid dienone is 1. The van der Waals surface area contributed by atoms with Crippen LogP contribution in [-0.4, -0.2) is 21.9 Å². The molecule has 0 aromatic rings. The molecule has 0 radical (unpaired) electrons. The zero-order chi connectivity index (χ0) is 21.0. The van der Waals surface area contributed by atoms with Gasteiger partial charge in [0, 0.05) is 0 Å². The molecule has 0 bridgehead atoms. The first kappa shape index (κ1) is 21.9. The molecule has 2 heteroatoms. The first-order valence-corrected chi connectivity index (χ1v) is 12.7. The first-order chi connectivity index (χ1) is 13.6. The van der Waals surface area contributed by atoms with Crippen LogP contribution < -0.4 is 0 Å². The van der Waals surface area contributed by atoms with Crippen LogP contribution in [0.5, 0.6) is 0 Å². The predicted molar refractivity (Wildman–Crippen MR) is 120 cm³/mol. The molecule has 4 aliphatic carbocycles. The van der Waals surface area contributed by atoms with Crippen molar-refractivity contribution in [2.45, 2.75) is 111 Å². The van der Waals surface area contributed by atoms with Gasteiger partial charge in [0.2, 0.25) is 0 Å². The second kappa shape index (κ2) is 7.97. The van der Waals surface area contributed by atoms with Crippen molar-refractivity contribution in [2.75, 3.05) is 0 Å². The van der Waals surface area contributed by atoms with Crippen LogP contribution in [0.25, 0.3) is 0 Å². The van der Waals surface area contributed by atoms with Crippen LogP contribution in [0.4, 0.5) is 0 Å². The standard InChI is InChI=1S/C27H46O2/c1-17(2)6-11-25(28)18(3)23-9-10-24-22-8-7-19-16-26(4,29)14-12-20(19)21(22)13-15-27(23,24)5/h7,17-18,20-25,28-29H,6,8-16H2,1-5H3/t18-,20-,21+,22+,23+,24-,25-,26-,27+/m0/s1. The second-order valence-corrected chi connectivity index (χ2v) is 12.4. The van der Waals surface area contributed by atoms with E-state index in [9.17, 15) is 10.2 Å². The Kier molecular flexibility index (Phi) is 6.01. The molecule has 0 unspecified atom stereocenters. The average Bonchev–Trinajstić information content (AvgIpc) is 3.01. The van der Waals surface area contributed by atoms with E-state index in [1.807, 2.05) is 6.92 Å². The molecule has 0 aromatic heterocycles. The molecule has 0 aliphatic heterocycles. The van der Waals surface area contributed by atoms with Gasteiger partial charge in [0.1, 0.15) is 0 Å². The molecule has 3 saturated carbocycles. The van der Waals surface area contributed by atoms with Gasteiger partial charge in [-0.15, -0.1) is 0 Å². The van der Waals surface area contributed by atoms with Crippen molar-refractivity contribution in [1.29, 1.82) is 0 Å². The molecule has 0 aromatic carbocycles. The lowest BCUT2D eigenvalue weighted by Crippen LogP contribution is -2.48. The maximum absolute atomic E-state index is 10.9. The van der Waals surface area contributed by atoms with Crippen LogP contribution in [0.3, 0.4) is 0 Å². The van der Waals surface area contributed by atoms with Gasteiger partial charge in [0.15, 0.2) is 0 Å². The first-order valence-electron chi connectivity index (χ1n) is 12.7. The van der Waals surface area contributed by atoms with Gasteiger partial charge in [-0.1, -0.05) is 39.3 Å². The van der Waals surface area contributed by atoms with Gasteiger partial charge < -0.3 is 10.2 Å². The fourth-order valence-corrected chi connectivity index (χ4v) is 8.41. The summed E-state index contributed by atoms with van der Waals surface area (Å²) in [6, 6.07) is 0. The number of rotatable bonds is 5. The summed E-state index contributed by atoms with van der Waals surface area (Å²) in [6.45, 7) is 11.5. The largest absolute Gasteiger partial charge is 0.393 e. The maximum Gasteiger partial charge on any atom is 0.0657 e. The highest BCUT2D eigenvalue weighted by molar-refractivity contribution is 5.21. The predicted octanol–water partition coefficient (Wildman–Crippen LogP) is 6.36. The van der Waals surface area contributed by atoms with Crippen molar-refractivity contribution in [3.63, 3.8) is 0 Å². The molecular weight excluding hydrogens is 356 g/mol. The van der Waals surface area contributed by atoms with Crippen molar-refractivity contribution >= 4 is 0 Å². The summed E-state index contributed by atoms with van der Waals surface area (Å²) < 4.78 is 0. The minimum absolute atomic E-state index is 0.130. The number of aliphatic hydroxyl groups is 2. The molecule has 166 valence electrons. The van der Waals surface area contributed by atoms with E-state index in [0.717, 1.165) is 49.4 Å². The lowest BCUT2D eigenvalue weighted by molar-refractivity contribution is -0.0537. The third-order valence-electron chi connectivity index (χ3n) is 10.1. The normalized spacial score (nSPS) is 46.5. The SMILES string of the molecule is CC(C)CC[C@H](O)[C@@H](C)[C@H]1CC[C@H]2[C@@H]3CC=C4C[C@@](C)(O)CC[C@@H]4[C@H]3CC[C@]12C. The van der Waals surface area contributed by atoms with Gasteiger partial charge in [-0.25, -0.2) is 0 Å². The molecule has 4 rings (SSSR count). The van der Waals surface area contributed by atoms with Crippen molar-refractivity contribution in [2.24, 2.45) is 46.8 Å². The Bertz CT molecular complexity index is 620. The molecule has 29 heavy (non-hydrogen) atoms. The average molecular weight is 403 g/mol. The lowest BCUT2D eigenvalue weighted by atomic mass is 9.50. The van der Waals surface area contributed by atoms with E-state index < -0.39 is 5.60 Å². The van der Waals surface area contributed by atoms with E-state index in [0.29, 0.717) is 23.2 Å². The minimum Gasteiger partial charge on any atom is -0.393 e. The monoisotopic (exact) mass is 402 g/mol. The Labute approximate surface area is 179 Å². The van der Waals surface area contributed by atoms with Gasteiger partial charge >= 0.3 is 0 Å². The van der Waals surface area contributed by atoms with Crippen molar-refractivity contribution in [3.8, 4) is 0 Å². The zero-order valence-electron chi connectivity index (χ0n) is 19.7. The summed E-state index contributed by atoms with van der Waals surface area (Å²) in [4.78, 5) is 0. The Morgan fingerprint density at radius 2 is 1.76 bits per heavy atom. The van der Waals surface area contributed by atoms with Crippen LogP contribution in [-0.2, 0) is 0 Å². The van der Waals surface area contributed by atoms with Gasteiger partial charge in [-0.3, -0.25) is 0 Å². The summed E-state index contributed by atoms with van der Waals surface area (Å²) >= 11 is 0. The van der Waals surface area contributed by atoms with Gasteiger partial charge in [0.05, 0.1) is 11.7 Å². The molecule has 3 fully saturated rings. The maximum atomic E-state index is 10.9. The number of hydrogen-bond acceptors (Lipinski definition) is 2. The number of hydrogen-bond donors (Lipinski definition) is 2. The summed E-state index contributed by atoms with van der Waals surface area (Å²) in [6.07, 6.45) is 14.2. The Morgan fingerprint density at radius 1 is 1.00 bits per heavy atom. The number of aliphatic hydroxyl groups excluding tert-OH is 1. The molecule has 0 spiro atoms. The quantitative estimate of drug-likeness (QED) is 0.525. The molecule has 4 aliphatic rings. The summed E-state index contributed by atoms with van der Waals surface area (Å²) in [5, 5.41) is 21.5. The van der Waals surface area contributed by atoms with Gasteiger partial charge in [-0.05, 0) is 118 Å². The van der Waals surface area contributed by atoms with E-state index >= 15 is 0 Å². The topological polar surface area (TPSA) is 40.5 Å². The van der Waals surface area contributed by atoms with Crippen LogP contribution in [0, 0.1) is 46.8 Å². The summed E-state index contributed by atoms with van der Waals surface area (Å²) in [5.41, 5.74) is 1.53. The van der Waals surface area contributed by atoms with Crippen LogP contribution in [0.15, 0.2) is 11.6 Å². The molecule has 0 saturated heterocycles. The van der Waals surface area contributed by atoms with Gasteiger partial charge in [-0.2, -0.15) is 0 Å². The van der Waals surface area contributed by atoms with E-state index in [1.165, 1.54) is 38.5 Å². The van der Waals surface area contributed by atoms with E-state index in [1.54, 1.807) is 5.57 Å². The molecular formula is C27H46O2. The van der Waals surface area contributed by atoms with E-state index in [4.69, 9.17) is 0 Å². The van der Waals surface area contributed by atoms with Crippen molar-refractivity contribution in [3.05, 3.63) is 11.6 Å². The zero-order valence-corrected chi connectivity index (χ0v) is 19.7. The minimum atomic E-state index is -0.474. The van der Waals surface area contributed by atoms with Crippen LogP contribution >= 0.6 is 0 Å². The third kappa shape index (κ3) is 3.98. The van der Waals surface area contributed by atoms with E-state index in [2.05, 4.69) is 33.8 Å². The molecule has 2 nitrogen and oxygen atoms in total. The Balaban J connectivity index is 1.48. The van der Waals surface area contributed by atoms with E-state index in [-0.39, 0.29) is 6.10 Å². The second-order valence-electron chi connectivity index (χ2n) is 12.4. The van der Waals surface area contributed by atoms with Crippen molar-refractivity contribution in [1.82, 2.24) is 0 Å². The lowest BCUT2D eigenvalue weighted by Gasteiger charge is -2.55. The molecule has 2 N–H and O–H groups in total. The fourth-order valence-electron chi connectivity index (χ4n) is 8.41. The molecule has 0 amide bonds. The Hall–Kier alpha value is -0.340. The number of fused-ring (bicyclic) bond motifs is 5. The summed E-state index contributed by atoms with van der Waals surface area (Å²) in [5.74, 6) is 5.07. The van der Waals surface area contributed by atoms with Gasteiger partial charge in [0.25, 0.3) is 0 Å². The smallest absolute Gasteiger partial charge is 0.0657 e. The highest BCUT2D eigenvalue weighted by Gasteiger charge is 2.57. The fraction of sp³-hybridized carbons (Fsp3) is 0.926. The molecule has 9 atom stereocenters. The highest BCUT2D eigenvalue weighted by atomic mass is 16.3. The summed E-state index contributed by atoms with van der Waals surface area (Å²) in [7, 11) is 0. The van der Waals surface area contributed by atoms with Crippen LogP contribution in [0.2, 0.25) is 0 Å². The van der Waals surface area contributed by atoms with Crippen molar-refractivity contribution < 1.29 is 10.2 Å².